The van der Waals surface area contributed by atoms with Crippen molar-refractivity contribution in [2.75, 3.05) is 18.6 Å². The minimum atomic E-state index is -0.709. The van der Waals surface area contributed by atoms with E-state index in [1.165, 1.54) is 13.3 Å². The van der Waals surface area contributed by atoms with Gasteiger partial charge in [-0.1, -0.05) is 11.6 Å². The van der Waals surface area contributed by atoms with Gasteiger partial charge in [0.15, 0.2) is 5.82 Å². The molecule has 3 rings (SSSR count). The number of methoxy groups -OCH3 is 1. The second-order valence-electron chi connectivity index (χ2n) is 5.25. The Hall–Kier alpha value is -1.99. The summed E-state index contributed by atoms with van der Waals surface area (Å²) in [6, 6.07) is 2.75. The Morgan fingerprint density at radius 1 is 1.39 bits per heavy atom. The molecule has 2 heterocycles. The van der Waals surface area contributed by atoms with Gasteiger partial charge in [-0.2, -0.15) is 4.98 Å². The van der Waals surface area contributed by atoms with Crippen LogP contribution in [-0.2, 0) is 0 Å². The Labute approximate surface area is 136 Å². The zero-order valence-corrected chi connectivity index (χ0v) is 13.0. The average Bonchev–Trinajstić information content (AvgIpc) is 2.91. The third kappa shape index (κ3) is 3.07. The summed E-state index contributed by atoms with van der Waals surface area (Å²) in [6.07, 6.45) is 0.898. The molecule has 0 bridgehead atoms. The van der Waals surface area contributed by atoms with E-state index in [-0.39, 0.29) is 29.6 Å². The summed E-state index contributed by atoms with van der Waals surface area (Å²) in [6.45, 7) is 0.195. The molecule has 5 nitrogen and oxygen atoms in total. The monoisotopic (exact) mass is 341 g/mol. The van der Waals surface area contributed by atoms with Gasteiger partial charge in [-0.3, -0.25) is 0 Å². The fourth-order valence-corrected chi connectivity index (χ4v) is 2.95. The number of β-amino-alcohol motifs (C(OH)–C–C–N with tert-alkyl or cyclic N) is 1. The van der Waals surface area contributed by atoms with E-state index in [2.05, 4.69) is 9.97 Å². The molecule has 1 fully saturated rings. The van der Waals surface area contributed by atoms with Crippen LogP contribution < -0.4 is 9.64 Å². The molecule has 0 radical (unpaired) electrons. The minimum absolute atomic E-state index is 0.101. The molecule has 0 aliphatic carbocycles. The summed E-state index contributed by atoms with van der Waals surface area (Å²) in [5, 5.41) is 10.2. The van der Waals surface area contributed by atoms with Crippen molar-refractivity contribution in [3.63, 3.8) is 0 Å². The van der Waals surface area contributed by atoms with Crippen LogP contribution in [0.4, 0.5) is 14.6 Å². The van der Waals surface area contributed by atoms with Crippen LogP contribution in [0.25, 0.3) is 0 Å². The van der Waals surface area contributed by atoms with E-state index >= 15 is 0 Å². The lowest BCUT2D eigenvalue weighted by atomic mass is 10.0. The highest BCUT2D eigenvalue weighted by atomic mass is 35.5. The van der Waals surface area contributed by atoms with Crippen LogP contribution in [0.15, 0.2) is 24.4 Å². The molecule has 1 aromatic heterocycles. The second kappa shape index (κ2) is 6.25. The predicted octanol–water partition coefficient (Wildman–Crippen LogP) is 2.73. The second-order valence-corrected chi connectivity index (χ2v) is 5.66. The number of halogens is 3. The van der Waals surface area contributed by atoms with Crippen LogP contribution >= 0.6 is 11.6 Å². The van der Waals surface area contributed by atoms with Crippen molar-refractivity contribution in [3.05, 3.63) is 46.6 Å². The number of nitrogens with zero attached hydrogens (tertiary/aromatic N) is 3. The molecule has 2 atom stereocenters. The lowest BCUT2D eigenvalue weighted by molar-refractivity contribution is 0.194. The smallest absolute Gasteiger partial charge is 0.318 e. The van der Waals surface area contributed by atoms with Crippen molar-refractivity contribution in [2.45, 2.75) is 18.6 Å². The summed E-state index contributed by atoms with van der Waals surface area (Å²) >= 11 is 6.13. The predicted molar refractivity (Wildman–Crippen MR) is 80.7 cm³/mol. The summed E-state index contributed by atoms with van der Waals surface area (Å²) in [4.78, 5) is 9.69. The molecule has 1 aliphatic heterocycles. The molecule has 1 N–H and O–H groups in total. The normalized spacial score (nSPS) is 20.8. The number of aliphatic hydroxyl groups excluding tert-OH is 1. The van der Waals surface area contributed by atoms with Crippen LogP contribution in [0.2, 0.25) is 5.02 Å². The maximum atomic E-state index is 14.1. The zero-order chi connectivity index (χ0) is 16.6. The van der Waals surface area contributed by atoms with Gasteiger partial charge in [0.1, 0.15) is 16.7 Å². The number of ether oxygens (including phenoxy) is 1. The van der Waals surface area contributed by atoms with Crippen LogP contribution in [-0.4, -0.2) is 34.8 Å². The van der Waals surface area contributed by atoms with Crippen LogP contribution in [0.1, 0.15) is 18.0 Å². The molecule has 1 saturated heterocycles. The fraction of sp³-hybridized carbons (Fsp3) is 0.333. The van der Waals surface area contributed by atoms with Gasteiger partial charge in [0.05, 0.1) is 25.5 Å². The first-order valence-electron chi connectivity index (χ1n) is 6.95. The first kappa shape index (κ1) is 15.9. The van der Waals surface area contributed by atoms with Crippen molar-refractivity contribution >= 4 is 17.4 Å². The van der Waals surface area contributed by atoms with Gasteiger partial charge < -0.3 is 14.7 Å². The number of aromatic nitrogens is 2. The van der Waals surface area contributed by atoms with Gasteiger partial charge in [-0.05, 0) is 24.6 Å². The first-order valence-corrected chi connectivity index (χ1v) is 7.33. The van der Waals surface area contributed by atoms with Crippen molar-refractivity contribution in [1.29, 1.82) is 0 Å². The highest BCUT2D eigenvalue weighted by Gasteiger charge is 2.36. The molecule has 0 saturated carbocycles. The Morgan fingerprint density at radius 2 is 2.17 bits per heavy atom. The summed E-state index contributed by atoms with van der Waals surface area (Å²) in [7, 11) is 1.41. The van der Waals surface area contributed by atoms with Crippen LogP contribution in [0, 0.1) is 11.6 Å². The molecule has 2 aromatic rings. The Kier molecular flexibility index (Phi) is 4.32. The van der Waals surface area contributed by atoms with E-state index in [1.807, 2.05) is 0 Å². The molecule has 0 spiro atoms. The van der Waals surface area contributed by atoms with E-state index in [0.29, 0.717) is 5.82 Å². The highest BCUT2D eigenvalue weighted by Crippen LogP contribution is 2.39. The van der Waals surface area contributed by atoms with Crippen molar-refractivity contribution in [3.8, 4) is 6.01 Å². The standard InChI is InChI=1S/C15H14ClF2N3O2/c1-23-15-19-6-11(16)14(20-15)21-7-9(22)5-13(21)10-4-8(17)2-3-12(10)18/h2-4,6,9,13,22H,5,7H2,1H3/t9-,13+/m1/s1. The lowest BCUT2D eigenvalue weighted by Crippen LogP contribution is -2.26. The van der Waals surface area contributed by atoms with Crippen LogP contribution in [0.5, 0.6) is 6.01 Å². The maximum absolute atomic E-state index is 14.1. The van der Waals surface area contributed by atoms with E-state index < -0.39 is 23.8 Å². The largest absolute Gasteiger partial charge is 0.467 e. The Bertz CT molecular complexity index is 732. The number of aliphatic hydroxyl groups is 1. The summed E-state index contributed by atoms with van der Waals surface area (Å²) in [5.74, 6) is -0.787. The molecular formula is C15H14ClF2N3O2. The molecule has 8 heteroatoms. The lowest BCUT2D eigenvalue weighted by Gasteiger charge is -2.26. The molecule has 1 aliphatic rings. The molecule has 1 aromatic carbocycles. The molecule has 23 heavy (non-hydrogen) atoms. The van der Waals surface area contributed by atoms with Crippen LogP contribution in [0.3, 0.4) is 0 Å². The average molecular weight is 342 g/mol. The van der Waals surface area contributed by atoms with Gasteiger partial charge >= 0.3 is 6.01 Å². The number of benzene rings is 1. The number of hydrogen-bond donors (Lipinski definition) is 1. The number of hydrogen-bond acceptors (Lipinski definition) is 5. The van der Waals surface area contributed by atoms with Gasteiger partial charge in [0, 0.05) is 12.1 Å². The molecule has 122 valence electrons. The van der Waals surface area contributed by atoms with Gasteiger partial charge in [-0.25, -0.2) is 13.8 Å². The quantitative estimate of drug-likeness (QED) is 0.930. The Balaban J connectivity index is 2.05. The number of rotatable bonds is 3. The van der Waals surface area contributed by atoms with E-state index in [9.17, 15) is 13.9 Å². The first-order chi connectivity index (χ1) is 11.0. The maximum Gasteiger partial charge on any atom is 0.318 e. The SMILES string of the molecule is COc1ncc(Cl)c(N2C[C@H](O)C[C@H]2c2cc(F)ccc2F)n1. The zero-order valence-electron chi connectivity index (χ0n) is 12.2. The van der Waals surface area contributed by atoms with Crippen molar-refractivity contribution in [1.82, 2.24) is 9.97 Å². The van der Waals surface area contributed by atoms with E-state index in [1.54, 1.807) is 4.90 Å². The van der Waals surface area contributed by atoms with Gasteiger partial charge in [-0.15, -0.1) is 0 Å². The number of anilines is 1. The van der Waals surface area contributed by atoms with E-state index in [4.69, 9.17) is 16.3 Å². The topological polar surface area (TPSA) is 58.5 Å². The highest BCUT2D eigenvalue weighted by molar-refractivity contribution is 6.32. The molecule has 0 unspecified atom stereocenters. The summed E-state index contributed by atoms with van der Waals surface area (Å²) in [5.41, 5.74) is 0.148. The van der Waals surface area contributed by atoms with Gasteiger partial charge in [0.25, 0.3) is 0 Å². The minimum Gasteiger partial charge on any atom is -0.467 e. The molecule has 0 amide bonds. The van der Waals surface area contributed by atoms with Crippen molar-refractivity contribution in [2.24, 2.45) is 0 Å². The molecular weight excluding hydrogens is 328 g/mol. The van der Waals surface area contributed by atoms with E-state index in [0.717, 1.165) is 18.2 Å². The third-order valence-corrected chi connectivity index (χ3v) is 4.02. The fourth-order valence-electron chi connectivity index (χ4n) is 2.75. The summed E-state index contributed by atoms with van der Waals surface area (Å²) < 4.78 is 32.6. The Morgan fingerprint density at radius 3 is 2.91 bits per heavy atom. The third-order valence-electron chi connectivity index (χ3n) is 3.75. The van der Waals surface area contributed by atoms with Crippen molar-refractivity contribution < 1.29 is 18.6 Å². The van der Waals surface area contributed by atoms with Gasteiger partial charge in [0.2, 0.25) is 0 Å².